The largest absolute Gasteiger partial charge is 0.481 e. The summed E-state index contributed by atoms with van der Waals surface area (Å²) in [7, 11) is 0. The molecule has 0 aromatic carbocycles. The number of nitrogens with zero attached hydrogens (tertiary/aromatic N) is 3. The van der Waals surface area contributed by atoms with Gasteiger partial charge in [0.15, 0.2) is 0 Å². The van der Waals surface area contributed by atoms with Crippen LogP contribution in [0.5, 0.6) is 0 Å². The van der Waals surface area contributed by atoms with Crippen LogP contribution in [0.4, 0.5) is 0 Å². The maximum atomic E-state index is 13.5. The van der Waals surface area contributed by atoms with E-state index in [0.29, 0.717) is 12.0 Å². The topological polar surface area (TPSA) is 114 Å². The minimum Gasteiger partial charge on any atom is -0.481 e. The molecule has 0 fully saturated rings. The molecule has 0 spiro atoms. The Morgan fingerprint density at radius 2 is 1.69 bits per heavy atom. The number of aryl methyl sites for hydroxylation is 3. The van der Waals surface area contributed by atoms with E-state index in [9.17, 15) is 19.5 Å². The molecule has 0 aliphatic rings. The number of carboxylic acids is 1. The van der Waals surface area contributed by atoms with Crippen molar-refractivity contribution >= 4 is 11.9 Å². The molecular formula is C27H32N4O4. The number of hydrogen-bond donors (Lipinski definition) is 2. The van der Waals surface area contributed by atoms with E-state index in [-0.39, 0.29) is 17.9 Å². The van der Waals surface area contributed by atoms with Crippen LogP contribution in [0.1, 0.15) is 61.0 Å². The lowest BCUT2D eigenvalue weighted by Crippen LogP contribution is -2.40. The highest BCUT2D eigenvalue weighted by Gasteiger charge is 2.27. The molecule has 3 heterocycles. The Bertz CT molecular complexity index is 1260. The summed E-state index contributed by atoms with van der Waals surface area (Å²) in [6.45, 7) is 9.67. The van der Waals surface area contributed by atoms with Gasteiger partial charge in [-0.15, -0.1) is 0 Å². The van der Waals surface area contributed by atoms with E-state index >= 15 is 0 Å². The number of carbonyl (C=O) groups is 2. The molecule has 0 aliphatic heterocycles. The van der Waals surface area contributed by atoms with Crippen molar-refractivity contribution in [1.82, 2.24) is 19.9 Å². The highest BCUT2D eigenvalue weighted by molar-refractivity contribution is 5.82. The Labute approximate surface area is 205 Å². The molecular weight excluding hydrogens is 444 g/mol. The van der Waals surface area contributed by atoms with E-state index in [0.717, 1.165) is 27.8 Å². The predicted octanol–water partition coefficient (Wildman–Crippen LogP) is 4.15. The zero-order chi connectivity index (χ0) is 25.7. The van der Waals surface area contributed by atoms with E-state index in [1.54, 1.807) is 37.1 Å². The predicted molar refractivity (Wildman–Crippen MR) is 134 cm³/mol. The smallest absolute Gasteiger partial charge is 0.305 e. The first-order valence-electron chi connectivity index (χ1n) is 11.6. The fraction of sp³-hybridized carbons (Fsp3) is 0.370. The number of carboxylic acid groups (broad SMARTS) is 1. The average Bonchev–Trinajstić information content (AvgIpc) is 2.77. The van der Waals surface area contributed by atoms with Crippen LogP contribution in [0.25, 0.3) is 11.1 Å². The van der Waals surface area contributed by atoms with Gasteiger partial charge in [-0.2, -0.15) is 0 Å². The van der Waals surface area contributed by atoms with Crippen LogP contribution in [0.2, 0.25) is 0 Å². The van der Waals surface area contributed by atoms with Crippen molar-refractivity contribution in [3.05, 3.63) is 81.8 Å². The third-order valence-corrected chi connectivity index (χ3v) is 5.91. The minimum atomic E-state index is -1.05. The number of pyridine rings is 3. The third-order valence-electron chi connectivity index (χ3n) is 5.91. The molecule has 35 heavy (non-hydrogen) atoms. The van der Waals surface area contributed by atoms with Gasteiger partial charge < -0.3 is 15.0 Å². The van der Waals surface area contributed by atoms with Crippen LogP contribution in [0.15, 0.2) is 54.0 Å². The van der Waals surface area contributed by atoms with E-state index in [1.165, 1.54) is 10.6 Å². The van der Waals surface area contributed by atoms with Gasteiger partial charge in [-0.3, -0.25) is 24.4 Å². The molecule has 0 unspecified atom stereocenters. The standard InChI is InChI=1S/C27H32N4O4/c1-16(2)8-23(31-7-6-17(3)9-24(31)32)27(35)30-22(11-25(33)34)20-10-21(15-29-14-20)26-18(4)12-28-13-19(26)5/h6-7,9-10,12-16,22-23H,8,11H2,1-5H3,(H,30,35)(H,33,34)/t22-,23+/m0/s1. The molecule has 0 saturated carbocycles. The number of amides is 1. The van der Waals surface area contributed by atoms with Crippen LogP contribution in [0.3, 0.4) is 0 Å². The van der Waals surface area contributed by atoms with Crippen molar-refractivity contribution in [3.8, 4) is 11.1 Å². The Hall–Kier alpha value is -3.81. The molecule has 8 heteroatoms. The summed E-state index contributed by atoms with van der Waals surface area (Å²) in [5, 5.41) is 12.5. The first-order valence-corrected chi connectivity index (χ1v) is 11.6. The van der Waals surface area contributed by atoms with E-state index in [4.69, 9.17) is 0 Å². The van der Waals surface area contributed by atoms with Gasteiger partial charge in [-0.05, 0) is 73.1 Å². The van der Waals surface area contributed by atoms with Crippen LogP contribution in [-0.2, 0) is 9.59 Å². The van der Waals surface area contributed by atoms with Gasteiger partial charge >= 0.3 is 5.97 Å². The van der Waals surface area contributed by atoms with Crippen LogP contribution in [0, 0.1) is 26.7 Å². The molecule has 8 nitrogen and oxygen atoms in total. The van der Waals surface area contributed by atoms with Gasteiger partial charge in [0, 0.05) is 42.6 Å². The lowest BCUT2D eigenvalue weighted by atomic mass is 9.96. The summed E-state index contributed by atoms with van der Waals surface area (Å²) < 4.78 is 1.42. The van der Waals surface area contributed by atoms with Crippen molar-refractivity contribution in [1.29, 1.82) is 0 Å². The van der Waals surface area contributed by atoms with Crippen molar-refractivity contribution in [2.24, 2.45) is 5.92 Å². The quantitative estimate of drug-likeness (QED) is 0.480. The molecule has 2 N–H and O–H groups in total. The molecule has 0 radical (unpaired) electrons. The van der Waals surface area contributed by atoms with Crippen molar-refractivity contribution < 1.29 is 14.7 Å². The Morgan fingerprint density at radius 3 is 2.29 bits per heavy atom. The maximum Gasteiger partial charge on any atom is 0.305 e. The monoisotopic (exact) mass is 476 g/mol. The summed E-state index contributed by atoms with van der Waals surface area (Å²) in [6.07, 6.45) is 8.55. The Kier molecular flexibility index (Phi) is 8.17. The zero-order valence-corrected chi connectivity index (χ0v) is 20.8. The van der Waals surface area contributed by atoms with Crippen LogP contribution < -0.4 is 10.9 Å². The van der Waals surface area contributed by atoms with Crippen LogP contribution in [-0.4, -0.2) is 31.5 Å². The SMILES string of the molecule is Cc1ccn([C@H](CC(C)C)C(=O)N[C@@H](CC(=O)O)c2cncc(-c3c(C)cncc3C)c2)c(=O)c1. The number of nitrogens with one attached hydrogen (secondary N) is 1. The second-order valence-corrected chi connectivity index (χ2v) is 9.41. The summed E-state index contributed by atoms with van der Waals surface area (Å²) in [4.78, 5) is 46.3. The number of carbonyl (C=O) groups excluding carboxylic acids is 1. The number of aliphatic carboxylic acids is 1. The number of aromatic nitrogens is 3. The molecule has 3 aromatic rings. The molecule has 0 saturated heterocycles. The Balaban J connectivity index is 1.98. The summed E-state index contributed by atoms with van der Waals surface area (Å²) in [5.41, 5.74) is 4.85. The summed E-state index contributed by atoms with van der Waals surface area (Å²) in [6, 6.07) is 3.54. The van der Waals surface area contributed by atoms with Crippen molar-refractivity contribution in [3.63, 3.8) is 0 Å². The fourth-order valence-corrected chi connectivity index (χ4v) is 4.28. The molecule has 3 rings (SSSR count). The maximum absolute atomic E-state index is 13.5. The third kappa shape index (κ3) is 6.41. The molecule has 2 atom stereocenters. The van der Waals surface area contributed by atoms with Gasteiger partial charge in [0.1, 0.15) is 6.04 Å². The summed E-state index contributed by atoms with van der Waals surface area (Å²) in [5.74, 6) is -1.32. The first kappa shape index (κ1) is 25.8. The normalized spacial score (nSPS) is 12.9. The molecule has 3 aromatic heterocycles. The van der Waals surface area contributed by atoms with Crippen LogP contribution >= 0.6 is 0 Å². The lowest BCUT2D eigenvalue weighted by Gasteiger charge is -2.25. The van der Waals surface area contributed by atoms with Gasteiger partial charge in [0.05, 0.1) is 12.5 Å². The minimum absolute atomic E-state index is 0.138. The molecule has 1 amide bonds. The Morgan fingerprint density at radius 1 is 1.03 bits per heavy atom. The molecule has 0 bridgehead atoms. The van der Waals surface area contributed by atoms with Crippen molar-refractivity contribution in [2.45, 2.75) is 59.5 Å². The summed E-state index contributed by atoms with van der Waals surface area (Å²) >= 11 is 0. The molecule has 184 valence electrons. The van der Waals surface area contributed by atoms with Gasteiger partial charge in [-0.25, -0.2) is 0 Å². The van der Waals surface area contributed by atoms with Gasteiger partial charge in [0.25, 0.3) is 5.56 Å². The second kappa shape index (κ2) is 11.1. The zero-order valence-electron chi connectivity index (χ0n) is 20.8. The van der Waals surface area contributed by atoms with E-state index in [2.05, 4.69) is 15.3 Å². The molecule has 0 aliphatic carbocycles. The number of hydrogen-bond acceptors (Lipinski definition) is 5. The average molecular weight is 477 g/mol. The highest BCUT2D eigenvalue weighted by atomic mass is 16.4. The highest BCUT2D eigenvalue weighted by Crippen LogP contribution is 2.29. The van der Waals surface area contributed by atoms with Crippen molar-refractivity contribution in [2.75, 3.05) is 0 Å². The van der Waals surface area contributed by atoms with Gasteiger partial charge in [-0.1, -0.05) is 13.8 Å². The number of rotatable bonds is 9. The first-order chi connectivity index (χ1) is 16.6. The second-order valence-electron chi connectivity index (χ2n) is 9.41. The van der Waals surface area contributed by atoms with Gasteiger partial charge in [0.2, 0.25) is 5.91 Å². The van der Waals surface area contributed by atoms with E-state index in [1.807, 2.05) is 40.7 Å². The fourth-order valence-electron chi connectivity index (χ4n) is 4.28. The van der Waals surface area contributed by atoms with E-state index < -0.39 is 24.0 Å². The lowest BCUT2D eigenvalue weighted by molar-refractivity contribution is -0.138.